The molecule has 7 heteroatoms. The van der Waals surface area contributed by atoms with E-state index in [4.69, 9.17) is 4.74 Å². The minimum Gasteiger partial charge on any atom is -0.492 e. The van der Waals surface area contributed by atoms with Crippen molar-refractivity contribution < 1.29 is 17.9 Å². The monoisotopic (exact) mass is 466 g/mol. The Balaban J connectivity index is 1.57. The number of aryl methyl sites for hydroxylation is 3. The van der Waals surface area contributed by atoms with E-state index in [0.29, 0.717) is 24.4 Å². The molecule has 33 heavy (non-hydrogen) atoms. The summed E-state index contributed by atoms with van der Waals surface area (Å²) < 4.78 is 31.8. The zero-order valence-electron chi connectivity index (χ0n) is 19.5. The van der Waals surface area contributed by atoms with E-state index < -0.39 is 10.0 Å². The molecule has 0 aliphatic carbocycles. The quantitative estimate of drug-likeness (QED) is 0.475. The fourth-order valence-electron chi connectivity index (χ4n) is 3.56. The first kappa shape index (κ1) is 24.3. The van der Waals surface area contributed by atoms with Gasteiger partial charge in [-0.3, -0.25) is 9.10 Å². The molecule has 0 saturated heterocycles. The third kappa shape index (κ3) is 7.08. The maximum absolute atomic E-state index is 12.4. The second-order valence-electron chi connectivity index (χ2n) is 8.23. The summed E-state index contributed by atoms with van der Waals surface area (Å²) in [6.45, 7) is 6.89. The van der Waals surface area contributed by atoms with Crippen molar-refractivity contribution >= 4 is 21.6 Å². The molecular formula is C26H30N2O4S. The Bertz CT molecular complexity index is 1200. The molecule has 0 bridgehead atoms. The number of hydrogen-bond acceptors (Lipinski definition) is 4. The van der Waals surface area contributed by atoms with Crippen molar-refractivity contribution in [1.82, 2.24) is 5.32 Å². The number of ether oxygens (including phenoxy) is 1. The van der Waals surface area contributed by atoms with Gasteiger partial charge in [0.25, 0.3) is 5.91 Å². The number of amides is 1. The predicted molar refractivity (Wildman–Crippen MR) is 132 cm³/mol. The number of benzene rings is 3. The van der Waals surface area contributed by atoms with Crippen molar-refractivity contribution in [3.8, 4) is 5.75 Å². The Morgan fingerprint density at radius 1 is 0.909 bits per heavy atom. The molecule has 0 atom stereocenters. The molecule has 3 aromatic rings. The Labute approximate surface area is 196 Å². The standard InChI is InChI=1S/C26H30N2O4S/c1-19-6-5-7-24(15-19)28(33(4,30)31)18-22-8-10-23(11-9-22)26(29)27-12-13-32-25-16-20(2)14-21(3)17-25/h5-11,14-17H,12-13,18H2,1-4H3,(H,27,29). The summed E-state index contributed by atoms with van der Waals surface area (Å²) in [5.41, 5.74) is 5.15. The lowest BCUT2D eigenvalue weighted by Gasteiger charge is -2.23. The molecule has 3 aromatic carbocycles. The highest BCUT2D eigenvalue weighted by atomic mass is 32.2. The first-order valence-electron chi connectivity index (χ1n) is 10.7. The molecule has 174 valence electrons. The second kappa shape index (κ2) is 10.5. The molecule has 1 amide bonds. The summed E-state index contributed by atoms with van der Waals surface area (Å²) in [5.74, 6) is 0.583. The van der Waals surface area contributed by atoms with Crippen LogP contribution < -0.4 is 14.4 Å². The van der Waals surface area contributed by atoms with Gasteiger partial charge in [-0.05, 0) is 79.4 Å². The van der Waals surface area contributed by atoms with E-state index >= 15 is 0 Å². The van der Waals surface area contributed by atoms with Crippen LogP contribution in [0.25, 0.3) is 0 Å². The molecular weight excluding hydrogens is 436 g/mol. The average Bonchev–Trinajstić information content (AvgIpc) is 2.74. The number of nitrogens with zero attached hydrogens (tertiary/aromatic N) is 1. The van der Waals surface area contributed by atoms with E-state index in [1.165, 1.54) is 10.6 Å². The highest BCUT2D eigenvalue weighted by Gasteiger charge is 2.18. The number of carbonyl (C=O) groups excluding carboxylic acids is 1. The molecule has 0 radical (unpaired) electrons. The van der Waals surface area contributed by atoms with E-state index in [-0.39, 0.29) is 12.5 Å². The number of sulfonamides is 1. The third-order valence-electron chi connectivity index (χ3n) is 5.08. The first-order chi connectivity index (χ1) is 15.6. The number of hydrogen-bond donors (Lipinski definition) is 1. The normalized spacial score (nSPS) is 11.2. The summed E-state index contributed by atoms with van der Waals surface area (Å²) in [5, 5.41) is 2.84. The van der Waals surface area contributed by atoms with Crippen molar-refractivity contribution in [2.45, 2.75) is 27.3 Å². The summed E-state index contributed by atoms with van der Waals surface area (Å²) in [7, 11) is -3.46. The lowest BCUT2D eigenvalue weighted by Crippen LogP contribution is -2.29. The lowest BCUT2D eigenvalue weighted by atomic mass is 10.1. The van der Waals surface area contributed by atoms with Crippen LogP contribution in [0.5, 0.6) is 5.75 Å². The van der Waals surface area contributed by atoms with Gasteiger partial charge in [0.15, 0.2) is 0 Å². The van der Waals surface area contributed by atoms with Crippen molar-refractivity contribution in [3.05, 3.63) is 94.5 Å². The number of rotatable bonds is 9. The molecule has 0 saturated carbocycles. The van der Waals surface area contributed by atoms with Gasteiger partial charge < -0.3 is 10.1 Å². The van der Waals surface area contributed by atoms with Crippen molar-refractivity contribution in [2.75, 3.05) is 23.7 Å². The van der Waals surface area contributed by atoms with E-state index in [2.05, 4.69) is 11.4 Å². The molecule has 0 unspecified atom stereocenters. The minimum atomic E-state index is -3.46. The molecule has 0 aliphatic heterocycles. The van der Waals surface area contributed by atoms with Gasteiger partial charge in [-0.2, -0.15) is 0 Å². The molecule has 0 aromatic heterocycles. The van der Waals surface area contributed by atoms with Crippen molar-refractivity contribution in [2.24, 2.45) is 0 Å². The first-order valence-corrected chi connectivity index (χ1v) is 12.6. The zero-order valence-corrected chi connectivity index (χ0v) is 20.3. The molecule has 0 heterocycles. The fraction of sp³-hybridized carbons (Fsp3) is 0.269. The van der Waals surface area contributed by atoms with Gasteiger partial charge in [-0.25, -0.2) is 8.42 Å². The van der Waals surface area contributed by atoms with E-state index in [0.717, 1.165) is 28.0 Å². The van der Waals surface area contributed by atoms with Gasteiger partial charge in [0.2, 0.25) is 10.0 Å². The van der Waals surface area contributed by atoms with Gasteiger partial charge in [0.05, 0.1) is 25.0 Å². The molecule has 6 nitrogen and oxygen atoms in total. The molecule has 0 aliphatic rings. The summed E-state index contributed by atoms with van der Waals surface area (Å²) >= 11 is 0. The van der Waals surface area contributed by atoms with Crippen LogP contribution >= 0.6 is 0 Å². The number of nitrogens with one attached hydrogen (secondary N) is 1. The Kier molecular flexibility index (Phi) is 7.76. The van der Waals surface area contributed by atoms with E-state index in [1.54, 1.807) is 30.3 Å². The molecule has 1 N–H and O–H groups in total. The Morgan fingerprint density at radius 2 is 1.58 bits per heavy atom. The minimum absolute atomic E-state index is 0.188. The molecule has 0 fully saturated rings. The number of anilines is 1. The zero-order chi connectivity index (χ0) is 24.0. The second-order valence-corrected chi connectivity index (χ2v) is 10.1. The third-order valence-corrected chi connectivity index (χ3v) is 6.22. The van der Waals surface area contributed by atoms with Gasteiger partial charge >= 0.3 is 0 Å². The fourth-order valence-corrected chi connectivity index (χ4v) is 4.44. The Morgan fingerprint density at radius 3 is 2.18 bits per heavy atom. The van der Waals surface area contributed by atoms with Crippen LogP contribution in [0, 0.1) is 20.8 Å². The van der Waals surface area contributed by atoms with Gasteiger partial charge in [-0.1, -0.05) is 30.3 Å². The smallest absolute Gasteiger partial charge is 0.251 e. The van der Waals surface area contributed by atoms with Crippen LogP contribution in [0.4, 0.5) is 5.69 Å². The van der Waals surface area contributed by atoms with Crippen LogP contribution in [-0.4, -0.2) is 33.7 Å². The average molecular weight is 467 g/mol. The van der Waals surface area contributed by atoms with Gasteiger partial charge in [0.1, 0.15) is 12.4 Å². The maximum Gasteiger partial charge on any atom is 0.251 e. The van der Waals surface area contributed by atoms with Crippen molar-refractivity contribution in [3.63, 3.8) is 0 Å². The Hall–Kier alpha value is -3.32. The van der Waals surface area contributed by atoms with Gasteiger partial charge in [0, 0.05) is 5.56 Å². The van der Waals surface area contributed by atoms with E-state index in [9.17, 15) is 13.2 Å². The summed E-state index contributed by atoms with van der Waals surface area (Å²) in [6.07, 6.45) is 1.19. The van der Waals surface area contributed by atoms with Crippen LogP contribution in [0.3, 0.4) is 0 Å². The highest BCUT2D eigenvalue weighted by molar-refractivity contribution is 7.92. The maximum atomic E-state index is 12.4. The molecule has 3 rings (SSSR count). The predicted octanol–water partition coefficient (Wildman–Crippen LogP) is 4.39. The number of carbonyl (C=O) groups is 1. The summed E-state index contributed by atoms with van der Waals surface area (Å²) in [4.78, 5) is 12.4. The van der Waals surface area contributed by atoms with Crippen LogP contribution in [0.2, 0.25) is 0 Å². The molecule has 0 spiro atoms. The van der Waals surface area contributed by atoms with E-state index in [1.807, 2.05) is 51.1 Å². The van der Waals surface area contributed by atoms with Crippen molar-refractivity contribution in [1.29, 1.82) is 0 Å². The SMILES string of the molecule is Cc1cc(C)cc(OCCNC(=O)c2ccc(CN(c3cccc(C)c3)S(C)(=O)=O)cc2)c1. The van der Waals surface area contributed by atoms with Gasteiger partial charge in [-0.15, -0.1) is 0 Å². The van der Waals surface area contributed by atoms with Crippen LogP contribution in [-0.2, 0) is 16.6 Å². The largest absolute Gasteiger partial charge is 0.492 e. The highest BCUT2D eigenvalue weighted by Crippen LogP contribution is 2.22. The van der Waals surface area contributed by atoms with Crippen LogP contribution in [0.15, 0.2) is 66.7 Å². The summed E-state index contributed by atoms with van der Waals surface area (Å²) in [6, 6.07) is 20.3. The van der Waals surface area contributed by atoms with Crippen LogP contribution in [0.1, 0.15) is 32.6 Å². The lowest BCUT2D eigenvalue weighted by molar-refractivity contribution is 0.0947. The topological polar surface area (TPSA) is 75.7 Å².